The Morgan fingerprint density at radius 3 is 2.67 bits per heavy atom. The molecule has 0 spiro atoms. The molecule has 9 heavy (non-hydrogen) atoms. The Morgan fingerprint density at radius 2 is 2.33 bits per heavy atom. The second-order valence-corrected chi connectivity index (χ2v) is 3.34. The third-order valence-corrected chi connectivity index (χ3v) is 2.06. The number of hydrogen-bond acceptors (Lipinski definition) is 2. The van der Waals surface area contributed by atoms with Crippen molar-refractivity contribution in [2.24, 2.45) is 0 Å². The van der Waals surface area contributed by atoms with Gasteiger partial charge in [-0.2, -0.15) is 0 Å². The van der Waals surface area contributed by atoms with Gasteiger partial charge in [0.15, 0.2) is 0 Å². The van der Waals surface area contributed by atoms with Crippen LogP contribution in [0.4, 0.5) is 0 Å². The number of hydrogen-bond donors (Lipinski definition) is 2. The van der Waals surface area contributed by atoms with Crippen LogP contribution >= 0.6 is 0 Å². The lowest BCUT2D eigenvalue weighted by Gasteiger charge is -2.07. The van der Waals surface area contributed by atoms with Gasteiger partial charge >= 0.3 is 0 Å². The first kappa shape index (κ1) is 9.07. The first-order valence-electron chi connectivity index (χ1n) is 2.96. The van der Waals surface area contributed by atoms with E-state index >= 15 is 0 Å². The highest BCUT2D eigenvalue weighted by atomic mass is 32.2. The van der Waals surface area contributed by atoms with E-state index < -0.39 is 11.0 Å². The standard InChI is InChI=1S/C5H13NO2S/c1-3-9(8)6-5(2)4-7/h5-7H,3-4H2,1-2H3. The summed E-state index contributed by atoms with van der Waals surface area (Å²) in [5.41, 5.74) is 0. The molecule has 0 aromatic heterocycles. The van der Waals surface area contributed by atoms with Gasteiger partial charge in [0.25, 0.3) is 0 Å². The summed E-state index contributed by atoms with van der Waals surface area (Å²) in [5, 5.41) is 8.48. The van der Waals surface area contributed by atoms with Crippen LogP contribution in [0.25, 0.3) is 0 Å². The van der Waals surface area contributed by atoms with E-state index in [9.17, 15) is 4.21 Å². The van der Waals surface area contributed by atoms with Crippen molar-refractivity contribution < 1.29 is 9.32 Å². The lowest BCUT2D eigenvalue weighted by Crippen LogP contribution is -2.31. The summed E-state index contributed by atoms with van der Waals surface area (Å²) in [6, 6.07) is -0.0641. The molecule has 0 aliphatic carbocycles. The van der Waals surface area contributed by atoms with Gasteiger partial charge in [0.1, 0.15) is 0 Å². The van der Waals surface area contributed by atoms with E-state index in [1.807, 2.05) is 6.92 Å². The SMILES string of the molecule is CCS(=O)NC(C)CO. The molecule has 0 fully saturated rings. The Morgan fingerprint density at radius 1 is 1.78 bits per heavy atom. The van der Waals surface area contributed by atoms with E-state index in [0.717, 1.165) is 0 Å². The molecule has 0 heterocycles. The normalized spacial score (nSPS) is 17.2. The molecular weight excluding hydrogens is 138 g/mol. The van der Waals surface area contributed by atoms with E-state index in [-0.39, 0.29) is 12.6 Å². The van der Waals surface area contributed by atoms with Crippen LogP contribution < -0.4 is 4.72 Å². The van der Waals surface area contributed by atoms with Gasteiger partial charge in [0, 0.05) is 11.8 Å². The minimum absolute atomic E-state index is 0.0335. The summed E-state index contributed by atoms with van der Waals surface area (Å²) in [5.74, 6) is 0.588. The van der Waals surface area contributed by atoms with Crippen LogP contribution in [-0.4, -0.2) is 27.7 Å². The van der Waals surface area contributed by atoms with Crippen LogP contribution in [0, 0.1) is 0 Å². The van der Waals surface area contributed by atoms with E-state index in [2.05, 4.69) is 4.72 Å². The van der Waals surface area contributed by atoms with Crippen LogP contribution in [-0.2, 0) is 11.0 Å². The van der Waals surface area contributed by atoms with E-state index in [1.54, 1.807) is 6.92 Å². The largest absolute Gasteiger partial charge is 0.395 e. The fourth-order valence-electron chi connectivity index (χ4n) is 0.345. The molecule has 0 aliphatic heterocycles. The topological polar surface area (TPSA) is 49.3 Å². The highest BCUT2D eigenvalue weighted by Crippen LogP contribution is 1.81. The molecular formula is C5H13NO2S. The zero-order valence-corrected chi connectivity index (χ0v) is 6.57. The van der Waals surface area contributed by atoms with Gasteiger partial charge in [-0.15, -0.1) is 0 Å². The summed E-state index contributed by atoms with van der Waals surface area (Å²) >= 11 is 0. The second-order valence-electron chi connectivity index (χ2n) is 1.84. The molecule has 0 aromatic rings. The molecule has 0 radical (unpaired) electrons. The van der Waals surface area contributed by atoms with Gasteiger partial charge in [0.05, 0.1) is 17.6 Å². The summed E-state index contributed by atoms with van der Waals surface area (Å²) in [4.78, 5) is 0. The molecule has 0 aromatic carbocycles. The third kappa shape index (κ3) is 4.57. The van der Waals surface area contributed by atoms with Crippen molar-refractivity contribution in [2.45, 2.75) is 19.9 Å². The van der Waals surface area contributed by atoms with Gasteiger partial charge in [-0.25, -0.2) is 8.93 Å². The third-order valence-electron chi connectivity index (χ3n) is 0.869. The fourth-order valence-corrected chi connectivity index (χ4v) is 1.03. The fraction of sp³-hybridized carbons (Fsp3) is 1.00. The van der Waals surface area contributed by atoms with Crippen LogP contribution in [0.15, 0.2) is 0 Å². The van der Waals surface area contributed by atoms with Crippen molar-refractivity contribution in [3.05, 3.63) is 0 Å². The number of aliphatic hydroxyl groups excluding tert-OH is 1. The van der Waals surface area contributed by atoms with Crippen molar-refractivity contribution in [2.75, 3.05) is 12.4 Å². The molecule has 3 nitrogen and oxygen atoms in total. The summed E-state index contributed by atoms with van der Waals surface area (Å²) in [6.07, 6.45) is 0. The summed E-state index contributed by atoms with van der Waals surface area (Å²) in [6.45, 7) is 3.65. The molecule has 0 saturated carbocycles. The highest BCUT2D eigenvalue weighted by molar-refractivity contribution is 7.82. The van der Waals surface area contributed by atoms with Gasteiger partial charge in [-0.3, -0.25) is 0 Å². The number of rotatable bonds is 4. The van der Waals surface area contributed by atoms with Crippen LogP contribution in [0.2, 0.25) is 0 Å². The van der Waals surface area contributed by atoms with E-state index in [0.29, 0.717) is 5.75 Å². The molecule has 0 rings (SSSR count). The van der Waals surface area contributed by atoms with Crippen molar-refractivity contribution in [3.8, 4) is 0 Å². The second kappa shape index (κ2) is 4.90. The van der Waals surface area contributed by atoms with Crippen molar-refractivity contribution in [1.82, 2.24) is 4.72 Å². The Bertz CT molecular complexity index is 97.0. The maximum Gasteiger partial charge on any atom is 0.0915 e. The van der Waals surface area contributed by atoms with Crippen LogP contribution in [0.5, 0.6) is 0 Å². The van der Waals surface area contributed by atoms with Gasteiger partial charge in [0.2, 0.25) is 0 Å². The lowest BCUT2D eigenvalue weighted by molar-refractivity contribution is 0.266. The van der Waals surface area contributed by atoms with E-state index in [4.69, 9.17) is 5.11 Å². The zero-order chi connectivity index (χ0) is 7.28. The van der Waals surface area contributed by atoms with Gasteiger partial charge in [-0.05, 0) is 6.92 Å². The molecule has 0 saturated heterocycles. The smallest absolute Gasteiger partial charge is 0.0915 e. The Kier molecular flexibility index (Phi) is 4.94. The highest BCUT2D eigenvalue weighted by Gasteiger charge is 2.00. The van der Waals surface area contributed by atoms with Gasteiger partial charge < -0.3 is 5.11 Å². The molecule has 0 bridgehead atoms. The predicted octanol–water partition coefficient (Wildman–Crippen LogP) is -0.360. The first-order chi connectivity index (χ1) is 4.20. The van der Waals surface area contributed by atoms with Crippen LogP contribution in [0.1, 0.15) is 13.8 Å². The number of aliphatic hydroxyl groups is 1. The van der Waals surface area contributed by atoms with Crippen LogP contribution in [0.3, 0.4) is 0 Å². The average molecular weight is 151 g/mol. The van der Waals surface area contributed by atoms with E-state index in [1.165, 1.54) is 0 Å². The molecule has 0 amide bonds. The minimum atomic E-state index is -0.967. The molecule has 56 valence electrons. The molecule has 4 heteroatoms. The first-order valence-corrected chi connectivity index (χ1v) is 4.28. The average Bonchev–Trinajstić information content (AvgIpc) is 1.87. The minimum Gasteiger partial charge on any atom is -0.395 e. The van der Waals surface area contributed by atoms with Crippen molar-refractivity contribution in [1.29, 1.82) is 0 Å². The molecule has 2 N–H and O–H groups in total. The quantitative estimate of drug-likeness (QED) is 0.576. The Hall–Kier alpha value is 0.0700. The monoisotopic (exact) mass is 151 g/mol. The number of nitrogens with one attached hydrogen (secondary N) is 1. The maximum absolute atomic E-state index is 10.7. The lowest BCUT2D eigenvalue weighted by atomic mass is 10.4. The maximum atomic E-state index is 10.7. The Balaban J connectivity index is 3.34. The molecule has 0 aliphatic rings. The molecule has 2 unspecified atom stereocenters. The predicted molar refractivity (Wildman–Crippen MR) is 38.4 cm³/mol. The Labute approximate surface area is 58.1 Å². The van der Waals surface area contributed by atoms with Crippen molar-refractivity contribution >= 4 is 11.0 Å². The summed E-state index contributed by atoms with van der Waals surface area (Å²) < 4.78 is 13.4. The molecule has 2 atom stereocenters. The zero-order valence-electron chi connectivity index (χ0n) is 5.76. The van der Waals surface area contributed by atoms with Gasteiger partial charge in [-0.1, -0.05) is 6.92 Å². The summed E-state index contributed by atoms with van der Waals surface area (Å²) in [7, 11) is -0.967. The van der Waals surface area contributed by atoms with Crippen molar-refractivity contribution in [3.63, 3.8) is 0 Å².